The molecular formula is C7H5F3N2O3. The van der Waals surface area contributed by atoms with E-state index in [9.17, 15) is 28.1 Å². The lowest BCUT2D eigenvalue weighted by Gasteiger charge is -2.07. The van der Waals surface area contributed by atoms with Gasteiger partial charge in [-0.05, 0) is 0 Å². The molecule has 0 aliphatic rings. The van der Waals surface area contributed by atoms with Crippen molar-refractivity contribution in [1.29, 1.82) is 0 Å². The van der Waals surface area contributed by atoms with Crippen LogP contribution in [0.15, 0.2) is 17.1 Å². The summed E-state index contributed by atoms with van der Waals surface area (Å²) in [5.41, 5.74) is -3.39. The first kappa shape index (κ1) is 11.2. The fourth-order valence-corrected chi connectivity index (χ4v) is 0.980. The Morgan fingerprint density at radius 3 is 2.40 bits per heavy atom. The normalized spacial score (nSPS) is 11.5. The van der Waals surface area contributed by atoms with E-state index in [0.717, 1.165) is 7.05 Å². The highest BCUT2D eigenvalue weighted by Crippen LogP contribution is 2.29. The Balaban J connectivity index is 3.50. The van der Waals surface area contributed by atoms with E-state index in [1.807, 2.05) is 0 Å². The van der Waals surface area contributed by atoms with E-state index < -0.39 is 27.9 Å². The molecule has 0 spiro atoms. The second-order valence-electron chi connectivity index (χ2n) is 2.78. The Kier molecular flexibility index (Phi) is 2.52. The molecule has 0 radical (unpaired) electrons. The van der Waals surface area contributed by atoms with E-state index in [4.69, 9.17) is 0 Å². The third-order valence-electron chi connectivity index (χ3n) is 1.69. The molecule has 15 heavy (non-hydrogen) atoms. The van der Waals surface area contributed by atoms with Gasteiger partial charge < -0.3 is 4.57 Å². The summed E-state index contributed by atoms with van der Waals surface area (Å²) in [4.78, 5) is 20.2. The van der Waals surface area contributed by atoms with E-state index in [-0.39, 0.29) is 6.07 Å². The monoisotopic (exact) mass is 222 g/mol. The molecule has 82 valence electrons. The van der Waals surface area contributed by atoms with Gasteiger partial charge in [0, 0.05) is 19.3 Å². The van der Waals surface area contributed by atoms with Crippen molar-refractivity contribution < 1.29 is 18.1 Å². The van der Waals surface area contributed by atoms with Crippen molar-refractivity contribution in [2.24, 2.45) is 7.05 Å². The summed E-state index contributed by atoms with van der Waals surface area (Å²) in [5.74, 6) is 0. The van der Waals surface area contributed by atoms with Crippen molar-refractivity contribution in [1.82, 2.24) is 4.57 Å². The fourth-order valence-electron chi connectivity index (χ4n) is 0.980. The Labute approximate surface area is 80.9 Å². The summed E-state index contributed by atoms with van der Waals surface area (Å²) in [6.45, 7) is 0. The molecule has 0 saturated carbocycles. The molecule has 0 aliphatic heterocycles. The number of hydrogen-bond donors (Lipinski definition) is 0. The second-order valence-corrected chi connectivity index (χ2v) is 2.78. The lowest BCUT2D eigenvalue weighted by molar-refractivity contribution is -0.386. The molecule has 1 aromatic heterocycles. The van der Waals surface area contributed by atoms with Crippen LogP contribution in [0.1, 0.15) is 5.56 Å². The molecule has 0 N–H and O–H groups in total. The van der Waals surface area contributed by atoms with Crippen LogP contribution < -0.4 is 5.56 Å². The van der Waals surface area contributed by atoms with Gasteiger partial charge >= 0.3 is 17.4 Å². The summed E-state index contributed by atoms with van der Waals surface area (Å²) in [5, 5.41) is 10.3. The molecule has 0 bridgehead atoms. The Bertz CT molecular complexity index is 464. The SMILES string of the molecule is Cn1cc(C(F)(F)F)cc([N+](=O)[O-])c1=O. The number of nitrogens with zero attached hydrogens (tertiary/aromatic N) is 2. The number of rotatable bonds is 1. The first-order chi connectivity index (χ1) is 6.73. The predicted molar refractivity (Wildman–Crippen MR) is 43.3 cm³/mol. The van der Waals surface area contributed by atoms with E-state index in [1.165, 1.54) is 0 Å². The lowest BCUT2D eigenvalue weighted by atomic mass is 10.2. The van der Waals surface area contributed by atoms with Gasteiger partial charge in [-0.1, -0.05) is 0 Å². The average molecular weight is 222 g/mol. The first-order valence-corrected chi connectivity index (χ1v) is 3.65. The summed E-state index contributed by atoms with van der Waals surface area (Å²) in [6.07, 6.45) is -4.20. The van der Waals surface area contributed by atoms with Crippen molar-refractivity contribution in [2.45, 2.75) is 6.18 Å². The summed E-state index contributed by atoms with van der Waals surface area (Å²) < 4.78 is 37.1. The Morgan fingerprint density at radius 2 is 2.00 bits per heavy atom. The van der Waals surface area contributed by atoms with Crippen LogP contribution in [0.3, 0.4) is 0 Å². The van der Waals surface area contributed by atoms with Crippen molar-refractivity contribution in [3.63, 3.8) is 0 Å². The van der Waals surface area contributed by atoms with Crippen molar-refractivity contribution in [3.8, 4) is 0 Å². The zero-order valence-corrected chi connectivity index (χ0v) is 7.41. The Hall–Kier alpha value is -1.86. The van der Waals surface area contributed by atoms with Gasteiger partial charge in [0.15, 0.2) is 0 Å². The van der Waals surface area contributed by atoms with E-state index in [0.29, 0.717) is 10.8 Å². The largest absolute Gasteiger partial charge is 0.418 e. The summed E-state index contributed by atoms with van der Waals surface area (Å²) >= 11 is 0. The van der Waals surface area contributed by atoms with Crippen molar-refractivity contribution in [2.75, 3.05) is 0 Å². The highest BCUT2D eigenvalue weighted by molar-refractivity contribution is 5.32. The molecule has 0 aromatic carbocycles. The number of hydrogen-bond acceptors (Lipinski definition) is 3. The van der Waals surface area contributed by atoms with Gasteiger partial charge in [0.25, 0.3) is 0 Å². The van der Waals surface area contributed by atoms with Crippen LogP contribution >= 0.6 is 0 Å². The summed E-state index contributed by atoms with van der Waals surface area (Å²) in [6, 6.07) is 0.225. The van der Waals surface area contributed by atoms with Crippen LogP contribution in [0.25, 0.3) is 0 Å². The molecule has 0 fully saturated rings. The van der Waals surface area contributed by atoms with Gasteiger partial charge in [-0.25, -0.2) is 0 Å². The standard InChI is InChI=1S/C7H5F3N2O3/c1-11-3-4(7(8,9)10)2-5(6(11)13)12(14)15/h2-3H,1H3. The molecule has 0 amide bonds. The number of alkyl halides is 3. The minimum atomic E-state index is -4.71. The summed E-state index contributed by atoms with van der Waals surface area (Å²) in [7, 11) is 1.02. The van der Waals surface area contributed by atoms with E-state index >= 15 is 0 Å². The van der Waals surface area contributed by atoms with Crippen LogP contribution in [0.2, 0.25) is 0 Å². The number of pyridine rings is 1. The molecule has 0 aliphatic carbocycles. The maximum Gasteiger partial charge on any atom is 0.418 e. The number of aromatic nitrogens is 1. The topological polar surface area (TPSA) is 65.1 Å². The van der Waals surface area contributed by atoms with Gasteiger partial charge in [0.1, 0.15) is 0 Å². The quantitative estimate of drug-likeness (QED) is 0.531. The van der Waals surface area contributed by atoms with Gasteiger partial charge in [-0.2, -0.15) is 13.2 Å². The number of halogens is 3. The van der Waals surface area contributed by atoms with Crippen LogP contribution in [-0.4, -0.2) is 9.49 Å². The lowest BCUT2D eigenvalue weighted by Crippen LogP contribution is -2.22. The van der Waals surface area contributed by atoms with Crippen LogP contribution in [0.4, 0.5) is 18.9 Å². The molecular weight excluding hydrogens is 217 g/mol. The zero-order chi connectivity index (χ0) is 11.8. The maximum absolute atomic E-state index is 12.2. The third-order valence-corrected chi connectivity index (χ3v) is 1.69. The molecule has 0 atom stereocenters. The van der Waals surface area contributed by atoms with Crippen LogP contribution in [0, 0.1) is 10.1 Å². The maximum atomic E-state index is 12.2. The first-order valence-electron chi connectivity index (χ1n) is 3.65. The molecule has 1 aromatic rings. The molecule has 8 heteroatoms. The highest BCUT2D eigenvalue weighted by Gasteiger charge is 2.33. The van der Waals surface area contributed by atoms with E-state index in [1.54, 1.807) is 0 Å². The zero-order valence-electron chi connectivity index (χ0n) is 7.41. The molecule has 0 saturated heterocycles. The van der Waals surface area contributed by atoms with Gasteiger partial charge in [0.2, 0.25) is 0 Å². The Morgan fingerprint density at radius 1 is 1.47 bits per heavy atom. The van der Waals surface area contributed by atoms with Gasteiger partial charge in [-0.15, -0.1) is 0 Å². The fraction of sp³-hybridized carbons (Fsp3) is 0.286. The molecule has 5 nitrogen and oxygen atoms in total. The number of aryl methyl sites for hydroxylation is 1. The molecule has 1 rings (SSSR count). The highest BCUT2D eigenvalue weighted by atomic mass is 19.4. The van der Waals surface area contributed by atoms with E-state index in [2.05, 4.69) is 0 Å². The molecule has 0 unspecified atom stereocenters. The van der Waals surface area contributed by atoms with Crippen LogP contribution in [0.5, 0.6) is 0 Å². The second kappa shape index (κ2) is 3.37. The van der Waals surface area contributed by atoms with Crippen molar-refractivity contribution >= 4 is 5.69 Å². The minimum Gasteiger partial charge on any atom is -0.312 e. The third kappa shape index (κ3) is 2.14. The number of nitro groups is 1. The smallest absolute Gasteiger partial charge is 0.312 e. The van der Waals surface area contributed by atoms with Gasteiger partial charge in [-0.3, -0.25) is 14.9 Å². The van der Waals surface area contributed by atoms with Crippen LogP contribution in [-0.2, 0) is 13.2 Å². The average Bonchev–Trinajstić information content (AvgIpc) is 2.06. The van der Waals surface area contributed by atoms with Gasteiger partial charge in [0.05, 0.1) is 10.5 Å². The molecule has 1 heterocycles. The van der Waals surface area contributed by atoms with Crippen molar-refractivity contribution in [3.05, 3.63) is 38.3 Å². The predicted octanol–water partition coefficient (Wildman–Crippen LogP) is 1.31. The minimum absolute atomic E-state index is 0.225.